The van der Waals surface area contributed by atoms with Crippen molar-refractivity contribution >= 4 is 18.0 Å². The zero-order valence-electron chi connectivity index (χ0n) is 19.1. The molecule has 0 N–H and O–H groups in total. The number of hydrogen-bond acceptors (Lipinski definition) is 7. The van der Waals surface area contributed by atoms with E-state index in [-0.39, 0.29) is 44.2 Å². The second-order valence-corrected chi connectivity index (χ2v) is 9.05. The quantitative estimate of drug-likeness (QED) is 0.461. The second kappa shape index (κ2) is 10.3. The molecular weight excluding hydrogens is 426 g/mol. The van der Waals surface area contributed by atoms with Gasteiger partial charge in [0.25, 0.3) is 5.92 Å². The molecular formula is C22H34F2N2O6. The predicted octanol–water partition coefficient (Wildman–Crippen LogP) is 2.70. The Morgan fingerprint density at radius 3 is 2.31 bits per heavy atom. The van der Waals surface area contributed by atoms with Gasteiger partial charge in [-0.2, -0.15) is 0 Å². The first-order chi connectivity index (χ1) is 15.2. The fourth-order valence-corrected chi connectivity index (χ4v) is 5.57. The second-order valence-electron chi connectivity index (χ2n) is 9.05. The number of methoxy groups -OCH3 is 1. The van der Waals surface area contributed by atoms with Gasteiger partial charge in [-0.05, 0) is 51.4 Å². The van der Waals surface area contributed by atoms with Crippen LogP contribution in [0.5, 0.6) is 0 Å². The number of piperidine rings is 2. The van der Waals surface area contributed by atoms with Crippen molar-refractivity contribution in [2.45, 2.75) is 64.0 Å². The summed E-state index contributed by atoms with van der Waals surface area (Å²) < 4.78 is 44.0. The number of ether oxygens (including phenoxy) is 3. The molecule has 0 spiro atoms. The van der Waals surface area contributed by atoms with Crippen molar-refractivity contribution in [3.8, 4) is 0 Å². The highest BCUT2D eigenvalue weighted by atomic mass is 19.3. The molecule has 0 aromatic carbocycles. The van der Waals surface area contributed by atoms with Crippen LogP contribution in [-0.4, -0.2) is 85.8 Å². The third-order valence-corrected chi connectivity index (χ3v) is 6.98. The summed E-state index contributed by atoms with van der Waals surface area (Å²) in [7, 11) is 1.28. The molecule has 5 atom stereocenters. The first-order valence-corrected chi connectivity index (χ1v) is 11.5. The molecule has 0 aromatic rings. The van der Waals surface area contributed by atoms with Gasteiger partial charge in [0.2, 0.25) is 0 Å². The van der Waals surface area contributed by atoms with E-state index < -0.39 is 42.3 Å². The molecule has 0 radical (unpaired) electrons. The summed E-state index contributed by atoms with van der Waals surface area (Å²) in [5.41, 5.74) is 0. The van der Waals surface area contributed by atoms with E-state index in [2.05, 4.69) is 0 Å². The number of esters is 2. The van der Waals surface area contributed by atoms with Gasteiger partial charge in [-0.1, -0.05) is 0 Å². The average molecular weight is 461 g/mol. The minimum atomic E-state index is -2.95. The van der Waals surface area contributed by atoms with Crippen LogP contribution in [0.15, 0.2) is 0 Å². The van der Waals surface area contributed by atoms with E-state index in [1.54, 1.807) is 18.7 Å². The monoisotopic (exact) mass is 460 g/mol. The first kappa shape index (κ1) is 24.7. The number of nitrogens with zero attached hydrogens (tertiary/aromatic N) is 2. The minimum Gasteiger partial charge on any atom is -0.466 e. The Morgan fingerprint density at radius 1 is 0.969 bits per heavy atom. The van der Waals surface area contributed by atoms with E-state index in [1.165, 1.54) is 12.0 Å². The summed E-state index contributed by atoms with van der Waals surface area (Å²) >= 11 is 0. The van der Waals surface area contributed by atoms with E-state index in [0.717, 1.165) is 6.42 Å². The number of rotatable bonds is 5. The Hall–Kier alpha value is -1.97. The van der Waals surface area contributed by atoms with Gasteiger partial charge >= 0.3 is 18.0 Å². The van der Waals surface area contributed by atoms with E-state index in [0.29, 0.717) is 25.8 Å². The molecule has 3 fully saturated rings. The molecule has 1 amide bonds. The Bertz CT molecular complexity index is 706. The molecule has 10 heteroatoms. The average Bonchev–Trinajstić information content (AvgIpc) is 2.76. The molecule has 0 bridgehead atoms. The first-order valence-electron chi connectivity index (χ1n) is 11.5. The van der Waals surface area contributed by atoms with Gasteiger partial charge < -0.3 is 14.2 Å². The van der Waals surface area contributed by atoms with Crippen LogP contribution in [0.25, 0.3) is 0 Å². The highest BCUT2D eigenvalue weighted by Gasteiger charge is 2.49. The predicted molar refractivity (Wildman–Crippen MR) is 110 cm³/mol. The van der Waals surface area contributed by atoms with Crippen molar-refractivity contribution in [1.82, 2.24) is 9.80 Å². The zero-order chi connectivity index (χ0) is 23.5. The number of hydrogen-bond donors (Lipinski definition) is 0. The van der Waals surface area contributed by atoms with Crippen LogP contribution in [0.1, 0.15) is 46.0 Å². The highest BCUT2D eigenvalue weighted by molar-refractivity contribution is 5.81. The van der Waals surface area contributed by atoms with Crippen LogP contribution in [0.2, 0.25) is 0 Å². The van der Waals surface area contributed by atoms with Crippen molar-refractivity contribution in [2.24, 2.45) is 17.8 Å². The van der Waals surface area contributed by atoms with Crippen LogP contribution in [-0.2, 0) is 23.8 Å². The summed E-state index contributed by atoms with van der Waals surface area (Å²) in [5.74, 6) is -4.56. The van der Waals surface area contributed by atoms with Crippen LogP contribution in [0, 0.1) is 17.8 Å². The normalized spacial score (nSPS) is 32.5. The van der Waals surface area contributed by atoms with Crippen molar-refractivity contribution in [3.05, 3.63) is 0 Å². The lowest BCUT2D eigenvalue weighted by atomic mass is 9.70. The Kier molecular flexibility index (Phi) is 7.95. The molecule has 3 aliphatic rings. The minimum absolute atomic E-state index is 0.0978. The topological polar surface area (TPSA) is 85.4 Å². The number of amides is 1. The summed E-state index contributed by atoms with van der Waals surface area (Å²) in [4.78, 5) is 40.1. The molecule has 4 unspecified atom stereocenters. The smallest absolute Gasteiger partial charge is 0.410 e. The lowest BCUT2D eigenvalue weighted by Gasteiger charge is -2.49. The molecule has 2 saturated heterocycles. The molecule has 1 aliphatic carbocycles. The maximum absolute atomic E-state index is 14.5. The lowest BCUT2D eigenvalue weighted by molar-refractivity contribution is -0.162. The number of carbonyl (C=O) groups is 3. The Labute approximate surface area is 187 Å². The summed E-state index contributed by atoms with van der Waals surface area (Å²) in [5, 5.41) is 0. The number of halogens is 2. The molecule has 2 aliphatic heterocycles. The SMILES string of the molecule is CCOC(=O)C1CC2CC(N3C[C@@H](C(=O)OCC)CC(F)(F)C3)CCC2CN1C(=O)OC. The van der Waals surface area contributed by atoms with Crippen LogP contribution >= 0.6 is 0 Å². The molecule has 182 valence electrons. The van der Waals surface area contributed by atoms with Gasteiger partial charge in [-0.3, -0.25) is 14.6 Å². The number of alkyl halides is 2. The highest BCUT2D eigenvalue weighted by Crippen LogP contribution is 2.42. The lowest BCUT2D eigenvalue weighted by Crippen LogP contribution is -2.58. The fourth-order valence-electron chi connectivity index (χ4n) is 5.57. The van der Waals surface area contributed by atoms with E-state index >= 15 is 0 Å². The Morgan fingerprint density at radius 2 is 1.66 bits per heavy atom. The maximum Gasteiger partial charge on any atom is 0.410 e. The standard InChI is InChI=1S/C22H34F2N2O6/c1-4-31-19(27)16-10-22(23,24)13-25(11-16)17-7-6-14-12-26(21(29)30-3)18(9-15(14)8-17)20(28)32-5-2/h14-18H,4-13H2,1-3H3/t14?,15?,16-,17?,18?/m0/s1. The molecule has 8 nitrogen and oxygen atoms in total. The van der Waals surface area contributed by atoms with E-state index in [9.17, 15) is 23.2 Å². The summed E-state index contributed by atoms with van der Waals surface area (Å²) in [6.45, 7) is 4.01. The van der Waals surface area contributed by atoms with Gasteiger partial charge in [0.1, 0.15) is 6.04 Å². The maximum atomic E-state index is 14.5. The summed E-state index contributed by atoms with van der Waals surface area (Å²) in [6, 6.07) is -0.843. The van der Waals surface area contributed by atoms with Crippen molar-refractivity contribution in [3.63, 3.8) is 0 Å². The molecule has 32 heavy (non-hydrogen) atoms. The molecule has 1 saturated carbocycles. The third-order valence-electron chi connectivity index (χ3n) is 6.98. The van der Waals surface area contributed by atoms with Gasteiger partial charge in [0, 0.05) is 25.6 Å². The third kappa shape index (κ3) is 5.50. The number of carbonyl (C=O) groups excluding carboxylic acids is 3. The largest absolute Gasteiger partial charge is 0.466 e. The van der Waals surface area contributed by atoms with Crippen LogP contribution < -0.4 is 0 Å². The number of fused-ring (bicyclic) bond motifs is 1. The molecule has 3 rings (SSSR count). The number of likely N-dealkylation sites (tertiary alicyclic amines) is 2. The zero-order valence-corrected chi connectivity index (χ0v) is 19.1. The Balaban J connectivity index is 1.71. The van der Waals surface area contributed by atoms with Crippen LogP contribution in [0.3, 0.4) is 0 Å². The van der Waals surface area contributed by atoms with E-state index in [4.69, 9.17) is 14.2 Å². The van der Waals surface area contributed by atoms with Crippen molar-refractivity contribution < 1.29 is 37.4 Å². The van der Waals surface area contributed by atoms with Crippen molar-refractivity contribution in [2.75, 3.05) is 40.0 Å². The summed E-state index contributed by atoms with van der Waals surface area (Å²) in [6.07, 6.45) is 1.47. The van der Waals surface area contributed by atoms with Gasteiger partial charge in [-0.25, -0.2) is 18.4 Å². The molecule has 0 aromatic heterocycles. The van der Waals surface area contributed by atoms with Crippen molar-refractivity contribution in [1.29, 1.82) is 0 Å². The molecule has 2 heterocycles. The van der Waals surface area contributed by atoms with Gasteiger partial charge in [-0.15, -0.1) is 0 Å². The fraction of sp³-hybridized carbons (Fsp3) is 0.864. The van der Waals surface area contributed by atoms with Gasteiger partial charge in [0.05, 0.1) is 32.8 Å². The van der Waals surface area contributed by atoms with E-state index in [1.807, 2.05) is 0 Å². The van der Waals surface area contributed by atoms with Gasteiger partial charge in [0.15, 0.2) is 0 Å². The van der Waals surface area contributed by atoms with Crippen LogP contribution in [0.4, 0.5) is 13.6 Å².